The van der Waals surface area contributed by atoms with Gasteiger partial charge in [0.15, 0.2) is 10.7 Å². The molecule has 10 heteroatoms. The number of aliphatic carboxylic acids is 1. The zero-order valence-electron chi connectivity index (χ0n) is 19.5. The normalized spacial score (nSPS) is 13.9. The van der Waals surface area contributed by atoms with E-state index in [1.807, 2.05) is 36.4 Å². The van der Waals surface area contributed by atoms with Crippen molar-refractivity contribution >= 4 is 34.4 Å². The number of rotatable bonds is 8. The van der Waals surface area contributed by atoms with E-state index in [0.717, 1.165) is 33.6 Å². The van der Waals surface area contributed by atoms with E-state index in [1.54, 1.807) is 6.92 Å². The number of hydrogen-bond donors (Lipinski definition) is 3. The Balaban J connectivity index is 1.42. The Hall–Kier alpha value is -3.76. The van der Waals surface area contributed by atoms with Gasteiger partial charge in [-0.15, -0.1) is 0 Å². The van der Waals surface area contributed by atoms with Crippen molar-refractivity contribution in [2.75, 3.05) is 25.6 Å². The number of aryl methyl sites for hydroxylation is 1. The van der Waals surface area contributed by atoms with Gasteiger partial charge in [0.1, 0.15) is 11.5 Å². The number of hydrogen-bond acceptors (Lipinski definition) is 7. The summed E-state index contributed by atoms with van der Waals surface area (Å²) >= 11 is 0.933. The minimum atomic E-state index is -1.61. The van der Waals surface area contributed by atoms with Gasteiger partial charge in [-0.1, -0.05) is 59.9 Å². The van der Waals surface area contributed by atoms with Crippen molar-refractivity contribution in [1.82, 2.24) is 10.3 Å². The van der Waals surface area contributed by atoms with Crippen molar-refractivity contribution in [2.45, 2.75) is 25.3 Å². The number of methoxy groups -OCH3 is 1. The number of nitrogens with zero attached hydrogens (tertiary/aromatic N) is 1. The SMILES string of the molecule is COCC(C)(NC(=O)c1sc(NC(=O)OCC2c3ccccc3-c3ccccc32)nc1C)C(=O)O. The van der Waals surface area contributed by atoms with Crippen molar-refractivity contribution < 1.29 is 29.0 Å². The molecule has 35 heavy (non-hydrogen) atoms. The number of aromatic nitrogens is 1. The number of carboxylic acids is 1. The quantitative estimate of drug-likeness (QED) is 0.431. The van der Waals surface area contributed by atoms with Crippen LogP contribution < -0.4 is 10.6 Å². The molecule has 3 N–H and O–H groups in total. The summed E-state index contributed by atoms with van der Waals surface area (Å²) in [7, 11) is 1.35. The monoisotopic (exact) mass is 495 g/mol. The first-order valence-corrected chi connectivity index (χ1v) is 11.7. The summed E-state index contributed by atoms with van der Waals surface area (Å²) in [4.78, 5) is 41.2. The molecule has 1 heterocycles. The summed E-state index contributed by atoms with van der Waals surface area (Å²) < 4.78 is 10.4. The Kier molecular flexibility index (Phi) is 6.86. The second-order valence-electron chi connectivity index (χ2n) is 8.41. The Morgan fingerprint density at radius 2 is 1.69 bits per heavy atom. The third-order valence-corrected chi connectivity index (χ3v) is 6.92. The predicted octanol–water partition coefficient (Wildman–Crippen LogP) is 4.03. The Morgan fingerprint density at radius 3 is 2.26 bits per heavy atom. The molecular formula is C25H25N3O6S. The van der Waals surface area contributed by atoms with Crippen LogP contribution >= 0.6 is 11.3 Å². The molecule has 1 aromatic heterocycles. The van der Waals surface area contributed by atoms with E-state index in [-0.39, 0.29) is 29.1 Å². The first kappa shape index (κ1) is 24.4. The molecule has 1 aliphatic carbocycles. The summed E-state index contributed by atoms with van der Waals surface area (Å²) in [6.07, 6.45) is -0.692. The van der Waals surface area contributed by atoms with Gasteiger partial charge in [-0.05, 0) is 36.1 Å². The van der Waals surface area contributed by atoms with Gasteiger partial charge in [0.2, 0.25) is 0 Å². The van der Waals surface area contributed by atoms with Crippen molar-refractivity contribution in [3.05, 3.63) is 70.2 Å². The van der Waals surface area contributed by atoms with Gasteiger partial charge in [0.25, 0.3) is 5.91 Å². The molecule has 0 fully saturated rings. The summed E-state index contributed by atoms with van der Waals surface area (Å²) in [6.45, 7) is 2.88. The fourth-order valence-corrected chi connectivity index (χ4v) is 4.98. The number of ether oxygens (including phenoxy) is 2. The number of benzene rings is 2. The molecule has 0 radical (unpaired) electrons. The zero-order valence-corrected chi connectivity index (χ0v) is 20.3. The number of thiazole rings is 1. The second kappa shape index (κ2) is 9.85. The number of nitrogens with one attached hydrogen (secondary N) is 2. The van der Waals surface area contributed by atoms with Crippen LogP contribution in [0.1, 0.15) is 39.3 Å². The van der Waals surface area contributed by atoms with Crippen molar-refractivity contribution in [3.63, 3.8) is 0 Å². The lowest BCUT2D eigenvalue weighted by molar-refractivity contribution is -0.145. The number of carbonyl (C=O) groups excluding carboxylic acids is 2. The average Bonchev–Trinajstić information content (AvgIpc) is 3.35. The highest BCUT2D eigenvalue weighted by Crippen LogP contribution is 2.44. The van der Waals surface area contributed by atoms with Crippen LogP contribution in [0.5, 0.6) is 0 Å². The van der Waals surface area contributed by atoms with Crippen LogP contribution in [0.2, 0.25) is 0 Å². The lowest BCUT2D eigenvalue weighted by Gasteiger charge is -2.24. The molecule has 0 bridgehead atoms. The minimum Gasteiger partial charge on any atom is -0.479 e. The highest BCUT2D eigenvalue weighted by molar-refractivity contribution is 7.17. The van der Waals surface area contributed by atoms with Crippen LogP contribution in [0.4, 0.5) is 9.93 Å². The van der Waals surface area contributed by atoms with Gasteiger partial charge >= 0.3 is 12.1 Å². The summed E-state index contributed by atoms with van der Waals surface area (Å²) in [5.74, 6) is -1.93. The smallest absolute Gasteiger partial charge is 0.413 e. The van der Waals surface area contributed by atoms with Crippen LogP contribution in [-0.2, 0) is 14.3 Å². The molecule has 4 rings (SSSR count). The molecule has 0 spiro atoms. The Bertz CT molecular complexity index is 1240. The fourth-order valence-electron chi connectivity index (χ4n) is 4.13. The summed E-state index contributed by atoms with van der Waals surface area (Å²) in [5.41, 5.74) is 3.20. The van der Waals surface area contributed by atoms with Gasteiger partial charge in [0, 0.05) is 13.0 Å². The molecule has 2 amide bonds. The van der Waals surface area contributed by atoms with Gasteiger partial charge in [-0.3, -0.25) is 10.1 Å². The molecule has 9 nitrogen and oxygen atoms in total. The molecule has 1 unspecified atom stereocenters. The van der Waals surface area contributed by atoms with Gasteiger partial charge in [-0.2, -0.15) is 0 Å². The van der Waals surface area contributed by atoms with Gasteiger partial charge in [0.05, 0.1) is 12.3 Å². The third-order valence-electron chi connectivity index (χ3n) is 5.85. The number of amides is 2. The molecule has 0 saturated heterocycles. The fraction of sp³-hybridized carbons (Fsp3) is 0.280. The van der Waals surface area contributed by atoms with E-state index in [4.69, 9.17) is 9.47 Å². The maximum Gasteiger partial charge on any atom is 0.413 e. The molecule has 0 aliphatic heterocycles. The van der Waals surface area contributed by atoms with E-state index in [2.05, 4.69) is 27.8 Å². The Morgan fingerprint density at radius 1 is 1.09 bits per heavy atom. The summed E-state index contributed by atoms with van der Waals surface area (Å²) in [6, 6.07) is 16.1. The second-order valence-corrected chi connectivity index (χ2v) is 9.41. The summed E-state index contributed by atoms with van der Waals surface area (Å²) in [5, 5.41) is 14.6. The largest absolute Gasteiger partial charge is 0.479 e. The minimum absolute atomic E-state index is 0.0815. The molecule has 3 aromatic rings. The first-order valence-electron chi connectivity index (χ1n) is 10.9. The number of fused-ring (bicyclic) bond motifs is 3. The molecule has 2 aromatic carbocycles. The third kappa shape index (κ3) is 4.89. The number of carbonyl (C=O) groups is 3. The molecule has 1 atom stereocenters. The van der Waals surface area contributed by atoms with Crippen LogP contribution in [0.3, 0.4) is 0 Å². The molecule has 1 aliphatic rings. The van der Waals surface area contributed by atoms with E-state index < -0.39 is 23.5 Å². The van der Waals surface area contributed by atoms with E-state index >= 15 is 0 Å². The van der Waals surface area contributed by atoms with Crippen molar-refractivity contribution in [1.29, 1.82) is 0 Å². The van der Waals surface area contributed by atoms with Crippen LogP contribution in [-0.4, -0.2) is 53.9 Å². The van der Waals surface area contributed by atoms with Crippen molar-refractivity contribution in [3.8, 4) is 11.1 Å². The predicted molar refractivity (Wildman–Crippen MR) is 131 cm³/mol. The maximum absolute atomic E-state index is 12.7. The lowest BCUT2D eigenvalue weighted by Crippen LogP contribution is -2.55. The van der Waals surface area contributed by atoms with E-state index in [9.17, 15) is 19.5 Å². The zero-order chi connectivity index (χ0) is 25.2. The lowest BCUT2D eigenvalue weighted by atomic mass is 9.98. The van der Waals surface area contributed by atoms with Gasteiger partial charge in [-0.25, -0.2) is 14.6 Å². The molecule has 182 valence electrons. The van der Waals surface area contributed by atoms with Crippen molar-refractivity contribution in [2.24, 2.45) is 0 Å². The van der Waals surface area contributed by atoms with Crippen LogP contribution in [0.25, 0.3) is 11.1 Å². The highest BCUT2D eigenvalue weighted by Gasteiger charge is 2.36. The molecule has 0 saturated carbocycles. The van der Waals surface area contributed by atoms with Crippen LogP contribution in [0, 0.1) is 6.92 Å². The van der Waals surface area contributed by atoms with Crippen LogP contribution in [0.15, 0.2) is 48.5 Å². The van der Waals surface area contributed by atoms with Gasteiger partial charge < -0.3 is 19.9 Å². The van der Waals surface area contributed by atoms with E-state index in [1.165, 1.54) is 14.0 Å². The Labute approximate surface area is 206 Å². The van der Waals surface area contributed by atoms with E-state index in [0.29, 0.717) is 5.69 Å². The topological polar surface area (TPSA) is 127 Å². The highest BCUT2D eigenvalue weighted by atomic mass is 32.1. The number of anilines is 1. The maximum atomic E-state index is 12.7. The number of carboxylic acid groups (broad SMARTS) is 1. The molecular weight excluding hydrogens is 470 g/mol. The standard InChI is InChI=1S/C25H25N3O6S/c1-14-20(21(29)28-25(2,13-33-3)22(30)31)35-23(26-14)27-24(32)34-12-19-17-10-6-4-8-15(17)16-9-5-7-11-18(16)19/h4-11,19H,12-13H2,1-3H3,(H,28,29)(H,30,31)(H,26,27,32). The average molecular weight is 496 g/mol. The first-order chi connectivity index (χ1) is 16.7.